The molecule has 3 rings (SSSR count). The van der Waals surface area contributed by atoms with Crippen molar-refractivity contribution in [1.82, 2.24) is 10.2 Å². The Labute approximate surface area is 124 Å². The highest BCUT2D eigenvalue weighted by Gasteiger charge is 2.40. The molecule has 5 nitrogen and oxygen atoms in total. The van der Waals surface area contributed by atoms with Crippen LogP contribution in [0.4, 0.5) is 4.79 Å². The van der Waals surface area contributed by atoms with Gasteiger partial charge in [-0.1, -0.05) is 30.3 Å². The second-order valence-electron chi connectivity index (χ2n) is 5.68. The molecule has 1 aliphatic carbocycles. The molecule has 21 heavy (non-hydrogen) atoms. The number of carbonyl (C=O) groups excluding carboxylic acids is 2. The fraction of sp³-hybridized carbons (Fsp3) is 0.500. The lowest BCUT2D eigenvalue weighted by atomic mass is 10.1. The van der Waals surface area contributed by atoms with Gasteiger partial charge in [0.15, 0.2) is 0 Å². The van der Waals surface area contributed by atoms with E-state index in [2.05, 4.69) is 5.32 Å². The first-order valence-electron chi connectivity index (χ1n) is 7.50. The van der Waals surface area contributed by atoms with Crippen molar-refractivity contribution in [3.05, 3.63) is 35.9 Å². The van der Waals surface area contributed by atoms with Gasteiger partial charge in [-0.2, -0.15) is 0 Å². The first kappa shape index (κ1) is 13.9. The summed E-state index contributed by atoms with van der Waals surface area (Å²) in [6.07, 6.45) is 2.89. The summed E-state index contributed by atoms with van der Waals surface area (Å²) in [6, 6.07) is 10.3. The number of aryl methyl sites for hydroxylation is 1. The molecule has 1 saturated carbocycles. The van der Waals surface area contributed by atoms with E-state index in [1.165, 1.54) is 0 Å². The van der Waals surface area contributed by atoms with E-state index in [1.54, 1.807) is 4.90 Å². The molecular formula is C16H20N2O3. The van der Waals surface area contributed by atoms with E-state index >= 15 is 0 Å². The van der Waals surface area contributed by atoms with Crippen molar-refractivity contribution in [3.63, 3.8) is 0 Å². The molecule has 1 heterocycles. The second-order valence-corrected chi connectivity index (χ2v) is 5.68. The van der Waals surface area contributed by atoms with Gasteiger partial charge in [-0.15, -0.1) is 0 Å². The van der Waals surface area contributed by atoms with Crippen molar-refractivity contribution in [2.24, 2.45) is 0 Å². The monoisotopic (exact) mass is 288 g/mol. The largest absolute Gasteiger partial charge is 0.442 e. The number of nitrogens with one attached hydrogen (secondary N) is 1. The van der Waals surface area contributed by atoms with E-state index in [0.29, 0.717) is 25.6 Å². The highest BCUT2D eigenvalue weighted by Crippen LogP contribution is 2.30. The third-order valence-corrected chi connectivity index (χ3v) is 3.90. The molecule has 2 amide bonds. The van der Waals surface area contributed by atoms with Crippen LogP contribution in [-0.2, 0) is 16.0 Å². The Balaban J connectivity index is 1.37. The normalized spacial score (nSPS) is 21.2. The number of nitrogens with zero attached hydrogens (tertiary/aromatic N) is 1. The summed E-state index contributed by atoms with van der Waals surface area (Å²) in [6.45, 7) is 1.01. The topological polar surface area (TPSA) is 58.6 Å². The molecule has 1 N–H and O–H groups in total. The van der Waals surface area contributed by atoms with Crippen molar-refractivity contribution in [3.8, 4) is 0 Å². The summed E-state index contributed by atoms with van der Waals surface area (Å²) >= 11 is 0. The van der Waals surface area contributed by atoms with Crippen LogP contribution in [-0.4, -0.2) is 42.1 Å². The predicted molar refractivity (Wildman–Crippen MR) is 77.8 cm³/mol. The number of benzene rings is 1. The quantitative estimate of drug-likeness (QED) is 0.867. The number of carbonyl (C=O) groups is 2. The summed E-state index contributed by atoms with van der Waals surface area (Å²) in [7, 11) is 0. The van der Waals surface area contributed by atoms with Crippen LogP contribution in [0.1, 0.15) is 24.8 Å². The fourth-order valence-electron chi connectivity index (χ4n) is 2.55. The van der Waals surface area contributed by atoms with Gasteiger partial charge in [0.2, 0.25) is 5.91 Å². The molecule has 1 saturated heterocycles. The molecule has 2 fully saturated rings. The maximum Gasteiger partial charge on any atom is 0.410 e. The zero-order valence-electron chi connectivity index (χ0n) is 12.0. The number of ether oxygens (including phenoxy) is 1. The molecular weight excluding hydrogens is 268 g/mol. The fourth-order valence-corrected chi connectivity index (χ4v) is 2.55. The van der Waals surface area contributed by atoms with Crippen molar-refractivity contribution in [1.29, 1.82) is 0 Å². The average molecular weight is 288 g/mol. The van der Waals surface area contributed by atoms with Gasteiger partial charge in [-0.25, -0.2) is 4.79 Å². The molecule has 112 valence electrons. The molecule has 1 atom stereocenters. The molecule has 0 spiro atoms. The molecule has 0 radical (unpaired) electrons. The average Bonchev–Trinajstić information content (AvgIpc) is 3.27. The summed E-state index contributed by atoms with van der Waals surface area (Å²) in [5, 5.41) is 2.85. The van der Waals surface area contributed by atoms with Gasteiger partial charge in [-0.05, 0) is 24.8 Å². The minimum Gasteiger partial charge on any atom is -0.442 e. The van der Waals surface area contributed by atoms with Gasteiger partial charge in [0.25, 0.3) is 0 Å². The van der Waals surface area contributed by atoms with Gasteiger partial charge in [0.05, 0.1) is 13.1 Å². The number of cyclic esters (lactones) is 1. The van der Waals surface area contributed by atoms with Crippen LogP contribution in [0.25, 0.3) is 0 Å². The third kappa shape index (κ3) is 3.74. The van der Waals surface area contributed by atoms with E-state index in [1.807, 2.05) is 30.3 Å². The molecule has 1 unspecified atom stereocenters. The lowest BCUT2D eigenvalue weighted by Crippen LogP contribution is -2.35. The van der Waals surface area contributed by atoms with E-state index < -0.39 is 0 Å². The molecule has 0 bridgehead atoms. The highest BCUT2D eigenvalue weighted by molar-refractivity contribution is 5.76. The Morgan fingerprint density at radius 1 is 1.29 bits per heavy atom. The predicted octanol–water partition coefficient (Wildman–Crippen LogP) is 1.72. The minimum atomic E-state index is -0.235. The van der Waals surface area contributed by atoms with Gasteiger partial charge >= 0.3 is 6.09 Å². The van der Waals surface area contributed by atoms with Crippen molar-refractivity contribution in [2.45, 2.75) is 37.8 Å². The first-order chi connectivity index (χ1) is 10.2. The van der Waals surface area contributed by atoms with Crippen molar-refractivity contribution >= 4 is 12.0 Å². The van der Waals surface area contributed by atoms with Crippen LogP contribution < -0.4 is 5.32 Å². The van der Waals surface area contributed by atoms with Crippen molar-refractivity contribution in [2.75, 3.05) is 13.1 Å². The van der Waals surface area contributed by atoms with Crippen LogP contribution in [0.3, 0.4) is 0 Å². The Morgan fingerprint density at radius 3 is 2.76 bits per heavy atom. The third-order valence-electron chi connectivity index (χ3n) is 3.90. The number of hydrogen-bond acceptors (Lipinski definition) is 3. The van der Waals surface area contributed by atoms with Gasteiger partial charge in [0.1, 0.15) is 6.10 Å². The zero-order chi connectivity index (χ0) is 14.7. The maximum atomic E-state index is 11.8. The summed E-state index contributed by atoms with van der Waals surface area (Å²) in [5.74, 6) is -0.000209. The van der Waals surface area contributed by atoms with Crippen LogP contribution >= 0.6 is 0 Å². The molecule has 1 aromatic carbocycles. The maximum absolute atomic E-state index is 11.8. The molecule has 1 aliphatic heterocycles. The van der Waals surface area contributed by atoms with E-state index in [0.717, 1.165) is 24.8 Å². The second kappa shape index (κ2) is 6.16. The Morgan fingerprint density at radius 2 is 2.05 bits per heavy atom. The molecule has 0 aromatic heterocycles. The minimum absolute atomic E-state index is 0.000209. The van der Waals surface area contributed by atoms with Crippen LogP contribution in [0.5, 0.6) is 0 Å². The van der Waals surface area contributed by atoms with E-state index in [9.17, 15) is 9.59 Å². The molecule has 1 aromatic rings. The lowest BCUT2D eigenvalue weighted by molar-refractivity contribution is -0.121. The summed E-state index contributed by atoms with van der Waals surface area (Å²) < 4.78 is 5.26. The zero-order valence-corrected chi connectivity index (χ0v) is 12.0. The van der Waals surface area contributed by atoms with Gasteiger partial charge < -0.3 is 15.0 Å². The van der Waals surface area contributed by atoms with E-state index in [-0.39, 0.29) is 18.1 Å². The number of hydrogen-bond donors (Lipinski definition) is 1. The van der Waals surface area contributed by atoms with Crippen LogP contribution in [0.15, 0.2) is 30.3 Å². The standard InChI is InChI=1S/C16H20N2O3/c19-15(9-6-12-4-2-1-3-5-12)17-10-14-11-18(13-7-8-13)16(20)21-14/h1-5,13-14H,6-11H2,(H,17,19). The van der Waals surface area contributed by atoms with Gasteiger partial charge in [0, 0.05) is 12.5 Å². The summed E-state index contributed by atoms with van der Waals surface area (Å²) in [5.41, 5.74) is 1.15. The SMILES string of the molecule is O=C(CCc1ccccc1)NCC1CN(C2CC2)C(=O)O1. The Bertz CT molecular complexity index is 514. The van der Waals surface area contributed by atoms with Crippen molar-refractivity contribution < 1.29 is 14.3 Å². The van der Waals surface area contributed by atoms with E-state index in [4.69, 9.17) is 4.74 Å². The lowest BCUT2D eigenvalue weighted by Gasteiger charge is -2.11. The first-order valence-corrected chi connectivity index (χ1v) is 7.50. The Kier molecular flexibility index (Phi) is 4.08. The highest BCUT2D eigenvalue weighted by atomic mass is 16.6. The number of amides is 2. The summed E-state index contributed by atoms with van der Waals surface area (Å²) in [4.78, 5) is 25.2. The molecule has 5 heteroatoms. The smallest absolute Gasteiger partial charge is 0.410 e. The number of rotatable bonds is 6. The Hall–Kier alpha value is -2.04. The van der Waals surface area contributed by atoms with Crippen LogP contribution in [0.2, 0.25) is 0 Å². The molecule has 2 aliphatic rings. The van der Waals surface area contributed by atoms with Gasteiger partial charge in [-0.3, -0.25) is 4.79 Å². The van der Waals surface area contributed by atoms with Crippen LogP contribution in [0, 0.1) is 0 Å².